The fourth-order valence-corrected chi connectivity index (χ4v) is 6.46. The molecule has 33 heavy (non-hydrogen) atoms. The van der Waals surface area contributed by atoms with Gasteiger partial charge in [0.25, 0.3) is 5.56 Å². The Morgan fingerprint density at radius 1 is 1.27 bits per heavy atom. The van der Waals surface area contributed by atoms with Crippen LogP contribution in [-0.4, -0.2) is 32.6 Å². The average molecular weight is 459 g/mol. The zero-order valence-corrected chi connectivity index (χ0v) is 19.4. The van der Waals surface area contributed by atoms with Crippen LogP contribution in [0.1, 0.15) is 40.6 Å². The molecule has 0 bridgehead atoms. The van der Waals surface area contributed by atoms with Gasteiger partial charge < -0.3 is 15.6 Å². The standard InChI is InChI=1S/C25H26N6OS/c1-15(16-6-4-3-5-7-16)17-13-27-22-19(17)23(32)30(2)24(29-22)31-10-8-25(9-11-31)12-18-20(21(25)26)28-14-33-18/h3-7,13-14,21,27H,1,8-12,26H2,2H3/t21-/m1/s1. The van der Waals surface area contributed by atoms with Gasteiger partial charge in [-0.15, -0.1) is 11.3 Å². The minimum Gasteiger partial charge on any atom is -0.345 e. The molecule has 2 aliphatic rings. The minimum atomic E-state index is -0.0624. The van der Waals surface area contributed by atoms with E-state index in [0.717, 1.165) is 54.7 Å². The third kappa shape index (κ3) is 3.01. The fourth-order valence-electron chi connectivity index (χ4n) is 5.49. The first kappa shape index (κ1) is 20.4. The number of aromatic amines is 1. The molecule has 168 valence electrons. The molecule has 3 N–H and O–H groups in total. The number of fused-ring (bicyclic) bond motifs is 2. The summed E-state index contributed by atoms with van der Waals surface area (Å²) in [6.45, 7) is 5.87. The highest BCUT2D eigenvalue weighted by molar-refractivity contribution is 7.09. The van der Waals surface area contributed by atoms with Crippen molar-refractivity contribution in [1.82, 2.24) is 19.5 Å². The molecule has 7 nitrogen and oxygen atoms in total. The number of benzene rings is 1. The maximum atomic E-state index is 13.4. The third-order valence-corrected chi connectivity index (χ3v) is 8.37. The van der Waals surface area contributed by atoms with Crippen molar-refractivity contribution in [3.8, 4) is 0 Å². The Balaban J connectivity index is 1.30. The summed E-state index contributed by atoms with van der Waals surface area (Å²) in [6.07, 6.45) is 4.78. The number of anilines is 1. The van der Waals surface area contributed by atoms with E-state index in [1.54, 1.807) is 23.0 Å². The second-order valence-electron chi connectivity index (χ2n) is 9.21. The average Bonchev–Trinajstić information content (AvgIpc) is 3.53. The molecule has 1 aromatic carbocycles. The van der Waals surface area contributed by atoms with Crippen LogP contribution >= 0.6 is 11.3 Å². The Morgan fingerprint density at radius 3 is 2.76 bits per heavy atom. The summed E-state index contributed by atoms with van der Waals surface area (Å²) < 4.78 is 1.67. The highest BCUT2D eigenvalue weighted by atomic mass is 32.1. The smallest absolute Gasteiger partial charge is 0.264 e. The van der Waals surface area contributed by atoms with E-state index in [9.17, 15) is 4.79 Å². The Labute approximate surface area is 195 Å². The number of H-pyrrole nitrogens is 1. The lowest BCUT2D eigenvalue weighted by atomic mass is 9.74. The largest absolute Gasteiger partial charge is 0.345 e. The van der Waals surface area contributed by atoms with E-state index in [1.807, 2.05) is 42.0 Å². The van der Waals surface area contributed by atoms with Gasteiger partial charge in [0.15, 0.2) is 0 Å². The van der Waals surface area contributed by atoms with E-state index in [0.29, 0.717) is 17.0 Å². The van der Waals surface area contributed by atoms with Crippen molar-refractivity contribution in [2.24, 2.45) is 18.2 Å². The number of aromatic nitrogens is 4. The number of nitrogens with zero attached hydrogens (tertiary/aromatic N) is 4. The summed E-state index contributed by atoms with van der Waals surface area (Å²) in [7, 11) is 1.80. The first-order valence-electron chi connectivity index (χ1n) is 11.2. The van der Waals surface area contributed by atoms with E-state index in [2.05, 4.69) is 21.4 Å². The predicted octanol–water partition coefficient (Wildman–Crippen LogP) is 3.62. The zero-order chi connectivity index (χ0) is 22.7. The molecule has 3 aromatic heterocycles. The molecule has 0 saturated carbocycles. The van der Waals surface area contributed by atoms with E-state index in [-0.39, 0.29) is 17.0 Å². The predicted molar refractivity (Wildman–Crippen MR) is 133 cm³/mol. The molecule has 1 atom stereocenters. The molecule has 4 heterocycles. The molecule has 0 radical (unpaired) electrons. The van der Waals surface area contributed by atoms with Crippen LogP contribution in [0.5, 0.6) is 0 Å². The van der Waals surface area contributed by atoms with Gasteiger partial charge in [-0.1, -0.05) is 36.9 Å². The van der Waals surface area contributed by atoms with Crippen molar-refractivity contribution in [1.29, 1.82) is 0 Å². The molecule has 8 heteroatoms. The second kappa shape index (κ2) is 7.40. The highest BCUT2D eigenvalue weighted by Gasteiger charge is 2.47. The fraction of sp³-hybridized carbons (Fsp3) is 0.320. The molecule has 1 fully saturated rings. The van der Waals surface area contributed by atoms with Crippen molar-refractivity contribution in [2.45, 2.75) is 25.3 Å². The van der Waals surface area contributed by atoms with Crippen LogP contribution in [0.2, 0.25) is 0 Å². The van der Waals surface area contributed by atoms with E-state index in [4.69, 9.17) is 10.7 Å². The second-order valence-corrected chi connectivity index (χ2v) is 10.2. The highest BCUT2D eigenvalue weighted by Crippen LogP contribution is 2.51. The number of hydrogen-bond acceptors (Lipinski definition) is 6. The number of nitrogens with one attached hydrogen (secondary N) is 1. The molecule has 6 rings (SSSR count). The first-order chi connectivity index (χ1) is 16.0. The van der Waals surface area contributed by atoms with E-state index in [1.165, 1.54) is 4.88 Å². The van der Waals surface area contributed by atoms with Crippen LogP contribution < -0.4 is 16.2 Å². The van der Waals surface area contributed by atoms with Crippen LogP contribution in [0, 0.1) is 5.41 Å². The number of rotatable bonds is 3. The summed E-state index contributed by atoms with van der Waals surface area (Å²) in [4.78, 5) is 29.6. The van der Waals surface area contributed by atoms with Gasteiger partial charge in [-0.3, -0.25) is 9.36 Å². The summed E-state index contributed by atoms with van der Waals surface area (Å²) in [6, 6.07) is 9.90. The van der Waals surface area contributed by atoms with Crippen LogP contribution in [0.15, 0.2) is 53.4 Å². The van der Waals surface area contributed by atoms with Crippen molar-refractivity contribution < 1.29 is 0 Å². The van der Waals surface area contributed by atoms with Crippen LogP contribution in [0.4, 0.5) is 5.95 Å². The van der Waals surface area contributed by atoms with Crippen LogP contribution in [0.3, 0.4) is 0 Å². The minimum absolute atomic E-state index is 0.00452. The van der Waals surface area contributed by atoms with Gasteiger partial charge in [-0.2, -0.15) is 4.98 Å². The molecule has 0 unspecified atom stereocenters. The lowest BCUT2D eigenvalue weighted by Gasteiger charge is -2.42. The summed E-state index contributed by atoms with van der Waals surface area (Å²) >= 11 is 1.72. The number of nitrogens with two attached hydrogens (primary N) is 1. The van der Waals surface area contributed by atoms with Gasteiger partial charge in [-0.25, -0.2) is 4.98 Å². The first-order valence-corrected chi connectivity index (χ1v) is 12.1. The van der Waals surface area contributed by atoms with Crippen LogP contribution in [0.25, 0.3) is 16.6 Å². The van der Waals surface area contributed by atoms with Gasteiger partial charge in [0.05, 0.1) is 22.6 Å². The summed E-state index contributed by atoms with van der Waals surface area (Å²) in [5, 5.41) is 0.580. The summed E-state index contributed by atoms with van der Waals surface area (Å²) in [5.74, 6) is 0.695. The molecule has 1 saturated heterocycles. The van der Waals surface area contributed by atoms with Gasteiger partial charge >= 0.3 is 0 Å². The normalized spacial score (nSPS) is 19.3. The Hall–Kier alpha value is -3.23. The van der Waals surface area contributed by atoms with Gasteiger partial charge in [-0.05, 0) is 35.8 Å². The summed E-state index contributed by atoms with van der Waals surface area (Å²) in [5.41, 5.74) is 12.8. The molecule has 1 spiro atoms. The Kier molecular flexibility index (Phi) is 4.57. The molecule has 1 aliphatic heterocycles. The van der Waals surface area contributed by atoms with Crippen molar-refractivity contribution in [3.05, 3.63) is 80.7 Å². The number of thiazole rings is 1. The number of hydrogen-bond donors (Lipinski definition) is 2. The van der Waals surface area contributed by atoms with Crippen molar-refractivity contribution in [2.75, 3.05) is 18.0 Å². The van der Waals surface area contributed by atoms with Gasteiger partial charge in [0.2, 0.25) is 5.95 Å². The molecule has 1 aliphatic carbocycles. The molecule has 4 aromatic rings. The molecule has 0 amide bonds. The lowest BCUT2D eigenvalue weighted by Crippen LogP contribution is -2.46. The monoisotopic (exact) mass is 458 g/mol. The molecular formula is C25H26N6OS. The maximum absolute atomic E-state index is 13.4. The topological polar surface area (TPSA) is 92.8 Å². The van der Waals surface area contributed by atoms with E-state index < -0.39 is 0 Å². The third-order valence-electron chi connectivity index (χ3n) is 7.52. The van der Waals surface area contributed by atoms with Crippen molar-refractivity contribution >= 4 is 33.9 Å². The van der Waals surface area contributed by atoms with E-state index >= 15 is 0 Å². The quantitative estimate of drug-likeness (QED) is 0.489. The Bertz CT molecular complexity index is 1420. The van der Waals surface area contributed by atoms with Gasteiger partial charge in [0, 0.05) is 36.8 Å². The van der Waals surface area contributed by atoms with Gasteiger partial charge in [0.1, 0.15) is 5.65 Å². The molecular weight excluding hydrogens is 432 g/mol. The SMILES string of the molecule is C=C(c1ccccc1)c1c[nH]c2nc(N3CCC4(CC3)Cc3scnc3[C@H]4N)n(C)c(=O)c12. The maximum Gasteiger partial charge on any atom is 0.264 e. The number of piperidine rings is 1. The van der Waals surface area contributed by atoms with Crippen LogP contribution in [-0.2, 0) is 13.5 Å². The van der Waals surface area contributed by atoms with Crippen molar-refractivity contribution in [3.63, 3.8) is 0 Å². The Morgan fingerprint density at radius 2 is 2.03 bits per heavy atom. The zero-order valence-electron chi connectivity index (χ0n) is 18.5. The lowest BCUT2D eigenvalue weighted by molar-refractivity contribution is 0.185.